The zero-order chi connectivity index (χ0) is 11.4. The molecule has 16 heavy (non-hydrogen) atoms. The van der Waals surface area contributed by atoms with Crippen LogP contribution in [0.2, 0.25) is 5.02 Å². The minimum absolute atomic E-state index is 0.330. The maximum atomic E-state index is 6.18. The Morgan fingerprint density at radius 1 is 1.31 bits per heavy atom. The molecule has 0 unspecified atom stereocenters. The first kappa shape index (κ1) is 11.9. The quantitative estimate of drug-likeness (QED) is 0.846. The average Bonchev–Trinajstić information content (AvgIpc) is 2.31. The minimum Gasteiger partial charge on any atom is -0.317 e. The Kier molecular flexibility index (Phi) is 4.22. The lowest BCUT2D eigenvalue weighted by Crippen LogP contribution is -2.40. The van der Waals surface area contributed by atoms with Gasteiger partial charge < -0.3 is 10.6 Å². The summed E-state index contributed by atoms with van der Waals surface area (Å²) in [5, 5.41) is 7.88. The SMILES string of the molecule is C[C@@H](NC1CCNCC1)c1ccccc1Cl. The van der Waals surface area contributed by atoms with Crippen LogP contribution in [0.4, 0.5) is 0 Å². The van der Waals surface area contributed by atoms with Crippen LogP contribution in [0.3, 0.4) is 0 Å². The van der Waals surface area contributed by atoms with E-state index in [1.165, 1.54) is 18.4 Å². The van der Waals surface area contributed by atoms with Crippen LogP contribution in [0.1, 0.15) is 31.4 Å². The lowest BCUT2D eigenvalue weighted by molar-refractivity contribution is 0.359. The van der Waals surface area contributed by atoms with Crippen LogP contribution in [0.25, 0.3) is 0 Å². The summed E-state index contributed by atoms with van der Waals surface area (Å²) < 4.78 is 0. The van der Waals surface area contributed by atoms with Crippen molar-refractivity contribution in [3.8, 4) is 0 Å². The highest BCUT2D eigenvalue weighted by Gasteiger charge is 2.16. The summed E-state index contributed by atoms with van der Waals surface area (Å²) in [4.78, 5) is 0. The predicted octanol–water partition coefficient (Wildman–Crippen LogP) is 2.74. The van der Waals surface area contributed by atoms with Crippen LogP contribution in [-0.2, 0) is 0 Å². The molecule has 1 aliphatic heterocycles. The fourth-order valence-corrected chi connectivity index (χ4v) is 2.56. The molecule has 1 fully saturated rings. The molecule has 0 bridgehead atoms. The van der Waals surface area contributed by atoms with Crippen LogP contribution >= 0.6 is 11.6 Å². The van der Waals surface area contributed by atoms with Gasteiger partial charge in [-0.05, 0) is 44.5 Å². The number of nitrogens with one attached hydrogen (secondary N) is 2. The number of halogens is 1. The van der Waals surface area contributed by atoms with E-state index in [2.05, 4.69) is 23.6 Å². The van der Waals surface area contributed by atoms with Crippen molar-refractivity contribution in [3.05, 3.63) is 34.9 Å². The monoisotopic (exact) mass is 238 g/mol. The molecule has 0 radical (unpaired) electrons. The van der Waals surface area contributed by atoms with E-state index in [1.54, 1.807) is 0 Å². The Morgan fingerprint density at radius 3 is 2.69 bits per heavy atom. The number of benzene rings is 1. The zero-order valence-corrected chi connectivity index (χ0v) is 10.4. The Balaban J connectivity index is 1.96. The van der Waals surface area contributed by atoms with Crippen molar-refractivity contribution in [2.24, 2.45) is 0 Å². The van der Waals surface area contributed by atoms with Crippen LogP contribution in [0.15, 0.2) is 24.3 Å². The van der Waals surface area contributed by atoms with E-state index < -0.39 is 0 Å². The summed E-state index contributed by atoms with van der Waals surface area (Å²) in [6.45, 7) is 4.42. The van der Waals surface area contributed by atoms with Crippen molar-refractivity contribution >= 4 is 11.6 Å². The van der Waals surface area contributed by atoms with Crippen molar-refractivity contribution in [1.29, 1.82) is 0 Å². The van der Waals surface area contributed by atoms with Crippen LogP contribution in [0.5, 0.6) is 0 Å². The first-order valence-electron chi connectivity index (χ1n) is 5.98. The number of hydrogen-bond acceptors (Lipinski definition) is 2. The molecule has 0 amide bonds. The zero-order valence-electron chi connectivity index (χ0n) is 9.67. The summed E-state index contributed by atoms with van der Waals surface area (Å²) in [6.07, 6.45) is 2.41. The second-order valence-corrected chi connectivity index (χ2v) is 4.84. The molecule has 1 heterocycles. The molecule has 1 aromatic carbocycles. The molecule has 0 spiro atoms. The van der Waals surface area contributed by atoms with Gasteiger partial charge in [-0.1, -0.05) is 29.8 Å². The van der Waals surface area contributed by atoms with E-state index in [-0.39, 0.29) is 0 Å². The van der Waals surface area contributed by atoms with Gasteiger partial charge in [0, 0.05) is 17.1 Å². The lowest BCUT2D eigenvalue weighted by atomic mass is 10.0. The van der Waals surface area contributed by atoms with Crippen molar-refractivity contribution in [1.82, 2.24) is 10.6 Å². The maximum absolute atomic E-state index is 6.18. The van der Waals surface area contributed by atoms with Gasteiger partial charge in [-0.3, -0.25) is 0 Å². The number of piperidine rings is 1. The summed E-state index contributed by atoms with van der Waals surface area (Å²) in [6, 6.07) is 9.02. The Hall–Kier alpha value is -0.570. The van der Waals surface area contributed by atoms with E-state index in [0.29, 0.717) is 12.1 Å². The average molecular weight is 239 g/mol. The fraction of sp³-hybridized carbons (Fsp3) is 0.538. The Labute approximate surface area is 102 Å². The lowest BCUT2D eigenvalue weighted by Gasteiger charge is -2.27. The number of rotatable bonds is 3. The summed E-state index contributed by atoms with van der Waals surface area (Å²) >= 11 is 6.18. The fourth-order valence-electron chi connectivity index (χ4n) is 2.26. The highest BCUT2D eigenvalue weighted by Crippen LogP contribution is 2.23. The van der Waals surface area contributed by atoms with E-state index in [0.717, 1.165) is 18.1 Å². The molecule has 0 saturated carbocycles. The molecular formula is C13H19ClN2. The van der Waals surface area contributed by atoms with Crippen LogP contribution in [-0.4, -0.2) is 19.1 Å². The first-order chi connectivity index (χ1) is 7.77. The second-order valence-electron chi connectivity index (χ2n) is 4.43. The smallest absolute Gasteiger partial charge is 0.0453 e. The largest absolute Gasteiger partial charge is 0.317 e. The predicted molar refractivity (Wildman–Crippen MR) is 68.9 cm³/mol. The van der Waals surface area contributed by atoms with Crippen molar-refractivity contribution in [2.75, 3.05) is 13.1 Å². The van der Waals surface area contributed by atoms with Gasteiger partial charge in [0.05, 0.1) is 0 Å². The van der Waals surface area contributed by atoms with Gasteiger partial charge in [0.2, 0.25) is 0 Å². The van der Waals surface area contributed by atoms with Gasteiger partial charge in [-0.15, -0.1) is 0 Å². The van der Waals surface area contributed by atoms with E-state index in [9.17, 15) is 0 Å². The van der Waals surface area contributed by atoms with Gasteiger partial charge >= 0.3 is 0 Å². The third-order valence-corrected chi connectivity index (χ3v) is 3.54. The highest BCUT2D eigenvalue weighted by molar-refractivity contribution is 6.31. The molecule has 3 heteroatoms. The van der Waals surface area contributed by atoms with Crippen molar-refractivity contribution in [2.45, 2.75) is 31.8 Å². The highest BCUT2D eigenvalue weighted by atomic mass is 35.5. The summed E-state index contributed by atoms with van der Waals surface area (Å²) in [5.41, 5.74) is 1.20. The Morgan fingerprint density at radius 2 is 2.00 bits per heavy atom. The van der Waals surface area contributed by atoms with Gasteiger partial charge in [0.1, 0.15) is 0 Å². The van der Waals surface area contributed by atoms with E-state index in [4.69, 9.17) is 11.6 Å². The molecule has 1 atom stereocenters. The maximum Gasteiger partial charge on any atom is 0.0453 e. The molecule has 2 rings (SSSR count). The molecular weight excluding hydrogens is 220 g/mol. The molecule has 2 N–H and O–H groups in total. The normalized spacial score (nSPS) is 19.6. The minimum atomic E-state index is 0.330. The van der Waals surface area contributed by atoms with Gasteiger partial charge in [-0.2, -0.15) is 0 Å². The standard InChI is InChI=1S/C13H19ClN2/c1-10(12-4-2-3-5-13(12)14)16-11-6-8-15-9-7-11/h2-5,10-11,15-16H,6-9H2,1H3/t10-/m1/s1. The number of hydrogen-bond donors (Lipinski definition) is 2. The summed E-state index contributed by atoms with van der Waals surface area (Å²) in [5.74, 6) is 0. The van der Waals surface area contributed by atoms with Crippen LogP contribution in [0, 0.1) is 0 Å². The second kappa shape index (κ2) is 5.67. The molecule has 2 nitrogen and oxygen atoms in total. The van der Waals surface area contributed by atoms with Crippen LogP contribution < -0.4 is 10.6 Å². The molecule has 1 aromatic rings. The van der Waals surface area contributed by atoms with Crippen molar-refractivity contribution < 1.29 is 0 Å². The summed E-state index contributed by atoms with van der Waals surface area (Å²) in [7, 11) is 0. The van der Waals surface area contributed by atoms with E-state index >= 15 is 0 Å². The molecule has 0 aromatic heterocycles. The molecule has 1 saturated heterocycles. The first-order valence-corrected chi connectivity index (χ1v) is 6.36. The molecule has 88 valence electrons. The molecule has 0 aliphatic carbocycles. The van der Waals surface area contributed by atoms with Gasteiger partial charge in [0.15, 0.2) is 0 Å². The van der Waals surface area contributed by atoms with E-state index in [1.807, 2.05) is 18.2 Å². The topological polar surface area (TPSA) is 24.1 Å². The van der Waals surface area contributed by atoms with Gasteiger partial charge in [0.25, 0.3) is 0 Å². The molecule has 1 aliphatic rings. The van der Waals surface area contributed by atoms with Crippen molar-refractivity contribution in [3.63, 3.8) is 0 Å². The Bertz CT molecular complexity index is 334. The third-order valence-electron chi connectivity index (χ3n) is 3.20. The third kappa shape index (κ3) is 2.97. The van der Waals surface area contributed by atoms with Gasteiger partial charge in [-0.25, -0.2) is 0 Å².